The van der Waals surface area contributed by atoms with E-state index >= 15 is 0 Å². The van der Waals surface area contributed by atoms with Gasteiger partial charge in [-0.3, -0.25) is 39.2 Å². The van der Waals surface area contributed by atoms with E-state index in [9.17, 15) is 37.6 Å². The number of carbonyl (C=O) groups excluding carboxylic acids is 4. The van der Waals surface area contributed by atoms with E-state index in [0.717, 1.165) is 49.5 Å². The summed E-state index contributed by atoms with van der Waals surface area (Å²) in [5.41, 5.74) is -2.93. The third kappa shape index (κ3) is 8.69. The van der Waals surface area contributed by atoms with Crippen LogP contribution in [0.15, 0.2) is 36.5 Å². The van der Waals surface area contributed by atoms with Crippen molar-refractivity contribution in [3.05, 3.63) is 53.2 Å². The lowest BCUT2D eigenvalue weighted by Gasteiger charge is -2.44. The summed E-state index contributed by atoms with van der Waals surface area (Å²) in [6, 6.07) is 8.30. The molecule has 2 aromatic rings. The lowest BCUT2D eigenvalue weighted by atomic mass is 9.76. The average Bonchev–Trinajstić information content (AvgIpc) is 3.33. The van der Waals surface area contributed by atoms with Gasteiger partial charge in [-0.05, 0) is 115 Å². The number of nitrogens with one attached hydrogen (secondary N) is 2. The zero-order chi connectivity index (χ0) is 41.4. The molecule has 1 aromatic heterocycles. The molecule has 4 amide bonds. The number of hydrogen-bond acceptors (Lipinski definition) is 10. The van der Waals surface area contributed by atoms with Crippen molar-refractivity contribution < 1.29 is 37.1 Å². The number of thiocarbonyl (C=S) groups is 1. The molecule has 1 aliphatic carbocycles. The van der Waals surface area contributed by atoms with E-state index in [-0.39, 0.29) is 65.7 Å². The number of hydrogen-bond donors (Lipinski definition) is 2. The Balaban J connectivity index is 0.960. The molecule has 0 spiro atoms. The minimum atomic E-state index is -4.77. The Morgan fingerprint density at radius 3 is 2.39 bits per heavy atom. The van der Waals surface area contributed by atoms with Crippen LogP contribution in [-0.2, 0) is 35.5 Å². The fourth-order valence-electron chi connectivity index (χ4n) is 8.70. The van der Waals surface area contributed by atoms with Gasteiger partial charge in [0.05, 0.1) is 47.6 Å². The highest BCUT2D eigenvalue weighted by atomic mass is 32.1. The number of carbonyl (C=O) groups is 4. The molecule has 4 aliphatic rings. The van der Waals surface area contributed by atoms with Gasteiger partial charge in [0, 0.05) is 50.4 Å². The third-order valence-electron chi connectivity index (χ3n) is 12.0. The molecule has 3 aliphatic heterocycles. The number of nitriles is 1. The molecule has 3 atom stereocenters. The number of rotatable bonds is 10. The Morgan fingerprint density at radius 2 is 1.75 bits per heavy atom. The normalized spacial score (nSPS) is 27.4. The van der Waals surface area contributed by atoms with Crippen molar-refractivity contribution in [2.45, 2.75) is 115 Å². The van der Waals surface area contributed by atoms with E-state index in [1.54, 1.807) is 45.2 Å². The fraction of sp³-hybridized carbons (Fsp3) is 0.575. The van der Waals surface area contributed by atoms with Crippen molar-refractivity contribution in [1.82, 2.24) is 25.0 Å². The second kappa shape index (κ2) is 16.4. The average molecular weight is 811 g/mol. The van der Waals surface area contributed by atoms with Gasteiger partial charge in [0.25, 0.3) is 5.91 Å². The summed E-state index contributed by atoms with van der Waals surface area (Å²) in [6.07, 6.45) is 0.289. The molecule has 17 heteroatoms. The van der Waals surface area contributed by atoms with Gasteiger partial charge in [0.2, 0.25) is 17.7 Å². The number of ether oxygens (including phenoxy) is 1. The molecule has 6 rings (SSSR count). The molecule has 13 nitrogen and oxygen atoms in total. The molecule has 306 valence electrons. The molecule has 0 unspecified atom stereocenters. The van der Waals surface area contributed by atoms with Gasteiger partial charge in [0.15, 0.2) is 5.11 Å². The zero-order valence-corrected chi connectivity index (χ0v) is 33.6. The maximum absolute atomic E-state index is 13.7. The number of piperazine rings is 1. The van der Waals surface area contributed by atoms with E-state index in [4.69, 9.17) is 17.0 Å². The summed E-state index contributed by atoms with van der Waals surface area (Å²) in [6.45, 7) is 12.4. The lowest BCUT2D eigenvalue weighted by Crippen LogP contribution is -2.58. The van der Waals surface area contributed by atoms with E-state index < -0.39 is 34.2 Å². The SMILES string of the molecule is C[C@@H]1CN(CCO[C@H]2CC[C@H](N3C(=S)N(c4ccc(C#N)c(C(F)(F)F)c4)C(=O)C3(C)C)CC2)C[C@H](C)N1CC(=O)Nc1cc([C@]2(C)CCC(=O)NC2=O)ccn1. The molecule has 57 heavy (non-hydrogen) atoms. The molecule has 0 bridgehead atoms. The van der Waals surface area contributed by atoms with Gasteiger partial charge in [-0.25, -0.2) is 4.98 Å². The van der Waals surface area contributed by atoms with Crippen molar-refractivity contribution in [2.24, 2.45) is 0 Å². The number of pyridine rings is 1. The summed E-state index contributed by atoms with van der Waals surface area (Å²) in [4.78, 5) is 62.9. The van der Waals surface area contributed by atoms with Crippen molar-refractivity contribution in [3.8, 4) is 6.07 Å². The Kier molecular flexibility index (Phi) is 12.1. The molecule has 2 N–H and O–H groups in total. The molecule has 0 radical (unpaired) electrons. The van der Waals surface area contributed by atoms with E-state index in [1.165, 1.54) is 6.07 Å². The van der Waals surface area contributed by atoms with Crippen LogP contribution < -0.4 is 15.5 Å². The molecule has 1 saturated carbocycles. The predicted molar refractivity (Wildman–Crippen MR) is 209 cm³/mol. The summed E-state index contributed by atoms with van der Waals surface area (Å²) in [5, 5.41) is 14.7. The number of halogens is 3. The first-order valence-electron chi connectivity index (χ1n) is 19.3. The molecule has 4 heterocycles. The van der Waals surface area contributed by atoms with Crippen LogP contribution in [0.4, 0.5) is 24.7 Å². The van der Waals surface area contributed by atoms with Crippen LogP contribution in [0.2, 0.25) is 0 Å². The topological polar surface area (TPSA) is 151 Å². The quantitative estimate of drug-likeness (QED) is 0.253. The van der Waals surface area contributed by atoms with Crippen LogP contribution in [0.5, 0.6) is 0 Å². The Bertz CT molecular complexity index is 1950. The number of amides is 4. The van der Waals surface area contributed by atoms with Crippen LogP contribution in [-0.4, -0.2) is 111 Å². The van der Waals surface area contributed by atoms with E-state index in [0.29, 0.717) is 37.3 Å². The standard InChI is InChI=1S/C40H49F3N8O5S/c1-24-21-48(22-25(2)49(24)23-34(53)46-32-18-27(13-15-45-32)39(5)14-12-33(52)47-35(39)54)16-17-56-30-10-8-28(9-11-30)51-37(57)50(36(55)38(51,3)4)29-7-6-26(20-44)31(19-29)40(41,42)43/h6-7,13,15,18-19,24-25,28,30H,8-12,14,16-17,21-23H2,1-5H3,(H,45,46,53)(H,47,52,54)/t24-,25+,28-,30-,39-/m0/s1. The van der Waals surface area contributed by atoms with Gasteiger partial charge in [-0.2, -0.15) is 18.4 Å². The second-order valence-electron chi connectivity index (χ2n) is 16.3. The van der Waals surface area contributed by atoms with Gasteiger partial charge < -0.3 is 15.0 Å². The summed E-state index contributed by atoms with van der Waals surface area (Å²) in [5.74, 6) is -0.935. The highest BCUT2D eigenvalue weighted by molar-refractivity contribution is 7.80. The van der Waals surface area contributed by atoms with Crippen molar-refractivity contribution >= 4 is 52.5 Å². The predicted octanol–water partition coefficient (Wildman–Crippen LogP) is 4.74. The summed E-state index contributed by atoms with van der Waals surface area (Å²) in [7, 11) is 0. The molecule has 1 aromatic carbocycles. The van der Waals surface area contributed by atoms with Crippen LogP contribution in [0.1, 0.15) is 89.8 Å². The van der Waals surface area contributed by atoms with Gasteiger partial charge >= 0.3 is 6.18 Å². The number of anilines is 2. The molecular weight excluding hydrogens is 762 g/mol. The summed E-state index contributed by atoms with van der Waals surface area (Å²) >= 11 is 5.74. The van der Waals surface area contributed by atoms with Crippen molar-refractivity contribution in [1.29, 1.82) is 5.26 Å². The smallest absolute Gasteiger partial charge is 0.377 e. The highest BCUT2D eigenvalue weighted by Gasteiger charge is 2.53. The van der Waals surface area contributed by atoms with Crippen LogP contribution in [0, 0.1) is 11.3 Å². The lowest BCUT2D eigenvalue weighted by molar-refractivity contribution is -0.138. The van der Waals surface area contributed by atoms with Crippen LogP contribution >= 0.6 is 12.2 Å². The minimum Gasteiger partial charge on any atom is -0.377 e. The van der Waals surface area contributed by atoms with Crippen molar-refractivity contribution in [3.63, 3.8) is 0 Å². The largest absolute Gasteiger partial charge is 0.417 e. The number of imide groups is 1. The monoisotopic (exact) mass is 810 g/mol. The fourth-order valence-corrected chi connectivity index (χ4v) is 9.27. The number of nitrogens with zero attached hydrogens (tertiary/aromatic N) is 6. The van der Waals surface area contributed by atoms with Gasteiger partial charge in [0.1, 0.15) is 11.4 Å². The summed E-state index contributed by atoms with van der Waals surface area (Å²) < 4.78 is 47.5. The highest BCUT2D eigenvalue weighted by Crippen LogP contribution is 2.41. The minimum absolute atomic E-state index is 0.0159. The molecular formula is C40H49F3N8O5S. The first-order chi connectivity index (χ1) is 26.8. The van der Waals surface area contributed by atoms with Gasteiger partial charge in [-0.15, -0.1) is 0 Å². The maximum atomic E-state index is 13.7. The second-order valence-corrected chi connectivity index (χ2v) is 16.7. The molecule has 3 saturated heterocycles. The van der Waals surface area contributed by atoms with Crippen LogP contribution in [0.3, 0.4) is 0 Å². The van der Waals surface area contributed by atoms with Crippen LogP contribution in [0.25, 0.3) is 0 Å². The molecule has 4 fully saturated rings. The number of benzene rings is 1. The first kappa shape index (κ1) is 42.1. The van der Waals surface area contributed by atoms with E-state index in [2.05, 4.69) is 39.3 Å². The van der Waals surface area contributed by atoms with Gasteiger partial charge in [-0.1, -0.05) is 0 Å². The number of alkyl halides is 3. The Labute approximate surface area is 335 Å². The maximum Gasteiger partial charge on any atom is 0.417 e. The number of piperidine rings is 1. The number of aromatic nitrogens is 1. The first-order valence-corrected chi connectivity index (χ1v) is 19.7. The third-order valence-corrected chi connectivity index (χ3v) is 12.3. The Morgan fingerprint density at radius 1 is 1.07 bits per heavy atom. The van der Waals surface area contributed by atoms with Crippen molar-refractivity contribution in [2.75, 3.05) is 43.0 Å². The zero-order valence-electron chi connectivity index (χ0n) is 32.8. The Hall–Kier alpha value is -4.50. The van der Waals surface area contributed by atoms with E-state index in [1.807, 2.05) is 4.90 Å².